The Morgan fingerprint density at radius 1 is 1.35 bits per heavy atom. The maximum atomic E-state index is 5.51. The Balaban J connectivity index is 2.24. The molecule has 0 saturated heterocycles. The molecule has 0 amide bonds. The van der Waals surface area contributed by atoms with Gasteiger partial charge in [0.05, 0.1) is 4.51 Å². The van der Waals surface area contributed by atoms with Crippen LogP contribution in [0.25, 0.3) is 0 Å². The molecule has 0 aliphatic carbocycles. The van der Waals surface area contributed by atoms with Gasteiger partial charge in [0, 0.05) is 18.0 Å². The van der Waals surface area contributed by atoms with E-state index in [4.69, 9.17) is 24.4 Å². The van der Waals surface area contributed by atoms with E-state index in [0.717, 1.165) is 40.6 Å². The summed E-state index contributed by atoms with van der Waals surface area (Å²) in [5, 5.41) is 1.25. The Labute approximate surface area is 114 Å². The smallest absolute Gasteiger partial charge is 0.221 e. The summed E-state index contributed by atoms with van der Waals surface area (Å²) in [6.07, 6.45) is 1.02. The van der Waals surface area contributed by atoms with E-state index < -0.39 is 0 Å². The summed E-state index contributed by atoms with van der Waals surface area (Å²) in [4.78, 5) is 12.3. The lowest BCUT2D eigenvalue weighted by atomic mass is 10.1. The second-order valence-electron chi connectivity index (χ2n) is 4.11. The molecule has 17 heavy (non-hydrogen) atoms. The normalized spacial score (nSPS) is 18.3. The molecule has 0 spiro atoms. The van der Waals surface area contributed by atoms with E-state index >= 15 is 0 Å². The fourth-order valence-corrected chi connectivity index (χ4v) is 4.10. The zero-order valence-corrected chi connectivity index (χ0v) is 11.8. The minimum Gasteiger partial charge on any atom is -0.298 e. The molecule has 1 aromatic rings. The first-order valence-electron chi connectivity index (χ1n) is 5.57. The summed E-state index contributed by atoms with van der Waals surface area (Å²) in [7, 11) is 0. The van der Waals surface area contributed by atoms with Crippen LogP contribution >= 0.6 is 35.8 Å². The highest BCUT2D eigenvalue weighted by molar-refractivity contribution is 7.80. The monoisotopic (exact) mass is 281 g/mol. The van der Waals surface area contributed by atoms with E-state index in [-0.39, 0.29) is 0 Å². The minimum absolute atomic E-state index is 0.414. The Kier molecular flexibility index (Phi) is 2.90. The molecular formula is C11H11N3S3. The van der Waals surface area contributed by atoms with Gasteiger partial charge in [0.2, 0.25) is 5.11 Å². The average molecular weight is 281 g/mol. The molecule has 88 valence electrons. The van der Waals surface area contributed by atoms with Crippen LogP contribution in [0.1, 0.15) is 17.4 Å². The van der Waals surface area contributed by atoms with Crippen molar-refractivity contribution >= 4 is 40.9 Å². The van der Waals surface area contributed by atoms with E-state index in [1.54, 1.807) is 11.3 Å². The molecule has 3 heterocycles. The molecule has 0 unspecified atom stereocenters. The van der Waals surface area contributed by atoms with Crippen molar-refractivity contribution in [1.29, 1.82) is 0 Å². The highest BCUT2D eigenvalue weighted by Crippen LogP contribution is 2.20. The molecule has 0 radical (unpaired) electrons. The highest BCUT2D eigenvalue weighted by Gasteiger charge is 2.19. The third kappa shape index (κ3) is 1.89. The van der Waals surface area contributed by atoms with Crippen molar-refractivity contribution in [2.75, 3.05) is 13.1 Å². The van der Waals surface area contributed by atoms with Crippen molar-refractivity contribution in [2.45, 2.75) is 19.9 Å². The molecule has 0 bridgehead atoms. The van der Waals surface area contributed by atoms with E-state index in [1.807, 2.05) is 0 Å². The van der Waals surface area contributed by atoms with E-state index in [9.17, 15) is 0 Å². The van der Waals surface area contributed by atoms with Crippen LogP contribution in [0.4, 0.5) is 0 Å². The molecule has 0 aromatic carbocycles. The quantitative estimate of drug-likeness (QED) is 0.728. The largest absolute Gasteiger partial charge is 0.298 e. The van der Waals surface area contributed by atoms with Gasteiger partial charge in [0.25, 0.3) is 0 Å². The molecule has 2 aliphatic rings. The van der Waals surface area contributed by atoms with Crippen LogP contribution in [0.3, 0.4) is 0 Å². The lowest BCUT2D eigenvalue weighted by molar-refractivity contribution is 0.271. The zero-order chi connectivity index (χ0) is 12.0. The van der Waals surface area contributed by atoms with Gasteiger partial charge in [0.15, 0.2) is 0 Å². The molecule has 0 atom stereocenters. The predicted octanol–water partition coefficient (Wildman–Crippen LogP) is 1.39. The summed E-state index contributed by atoms with van der Waals surface area (Å²) in [6.45, 7) is 5.33. The van der Waals surface area contributed by atoms with Crippen molar-refractivity contribution in [3.63, 3.8) is 0 Å². The third-order valence-corrected chi connectivity index (χ3v) is 4.87. The van der Waals surface area contributed by atoms with Crippen LogP contribution in [-0.4, -0.2) is 23.1 Å². The molecule has 6 heteroatoms. The number of hydrogen-bond acceptors (Lipinski definition) is 4. The van der Waals surface area contributed by atoms with Gasteiger partial charge in [-0.15, -0.1) is 11.3 Å². The summed E-state index contributed by atoms with van der Waals surface area (Å²) >= 11 is 12.2. The van der Waals surface area contributed by atoms with Crippen LogP contribution in [0.2, 0.25) is 0 Å². The van der Waals surface area contributed by atoms with E-state index in [2.05, 4.69) is 21.8 Å². The van der Waals surface area contributed by atoms with Crippen molar-refractivity contribution in [3.8, 4) is 0 Å². The fraction of sp³-hybridized carbons (Fsp3) is 0.455. The summed E-state index contributed by atoms with van der Waals surface area (Å²) in [6, 6.07) is 0. The number of likely N-dealkylation sites (N-methyl/N-ethyl adjacent to an activating group) is 1. The second-order valence-corrected chi connectivity index (χ2v) is 5.97. The summed E-state index contributed by atoms with van der Waals surface area (Å²) in [5.74, 6) is 0. The summed E-state index contributed by atoms with van der Waals surface area (Å²) < 4.78 is 1.77. The first-order valence-corrected chi connectivity index (χ1v) is 7.21. The lowest BCUT2D eigenvalue weighted by Gasteiger charge is -2.26. The average Bonchev–Trinajstić information content (AvgIpc) is 2.69. The zero-order valence-electron chi connectivity index (χ0n) is 9.39. The van der Waals surface area contributed by atoms with Gasteiger partial charge in [-0.1, -0.05) is 19.1 Å². The number of fused-ring (bicyclic) bond motifs is 2. The van der Waals surface area contributed by atoms with Crippen LogP contribution < -0.4 is 10.0 Å². The van der Waals surface area contributed by atoms with Crippen LogP contribution in [-0.2, 0) is 13.0 Å². The Hall–Kier alpha value is -0.560. The first kappa shape index (κ1) is 11.5. The van der Waals surface area contributed by atoms with Gasteiger partial charge in [-0.05, 0) is 30.7 Å². The number of nitrogens with zero attached hydrogens (tertiary/aromatic N) is 3. The molecule has 2 aliphatic heterocycles. The van der Waals surface area contributed by atoms with Gasteiger partial charge in [-0.3, -0.25) is 4.90 Å². The summed E-state index contributed by atoms with van der Waals surface area (Å²) in [5.41, 5.74) is 1.29. The van der Waals surface area contributed by atoms with Crippen LogP contribution in [0.15, 0.2) is 9.98 Å². The SMILES string of the molecule is CCN1CCc2c(sc3c(c2=S)=NC(=S)N=3)C1. The van der Waals surface area contributed by atoms with E-state index in [0.29, 0.717) is 5.11 Å². The first-order chi connectivity index (χ1) is 8.19. The molecular weight excluding hydrogens is 270 g/mol. The van der Waals surface area contributed by atoms with Gasteiger partial charge < -0.3 is 0 Å². The molecule has 0 fully saturated rings. The van der Waals surface area contributed by atoms with Crippen molar-refractivity contribution < 1.29 is 0 Å². The van der Waals surface area contributed by atoms with Gasteiger partial charge in [0.1, 0.15) is 10.0 Å². The highest BCUT2D eigenvalue weighted by atomic mass is 32.1. The second kappa shape index (κ2) is 4.28. The number of rotatable bonds is 1. The van der Waals surface area contributed by atoms with Crippen molar-refractivity contribution in [1.82, 2.24) is 4.90 Å². The van der Waals surface area contributed by atoms with E-state index in [1.165, 1.54) is 10.4 Å². The lowest BCUT2D eigenvalue weighted by Crippen LogP contribution is -2.33. The Morgan fingerprint density at radius 3 is 2.94 bits per heavy atom. The number of hydrogen-bond donors (Lipinski definition) is 0. The maximum Gasteiger partial charge on any atom is 0.221 e. The van der Waals surface area contributed by atoms with Gasteiger partial charge >= 0.3 is 0 Å². The van der Waals surface area contributed by atoms with Crippen molar-refractivity contribution in [3.05, 3.63) is 25.0 Å². The van der Waals surface area contributed by atoms with Crippen molar-refractivity contribution in [2.24, 2.45) is 9.98 Å². The Bertz CT molecular complexity index is 674. The van der Waals surface area contributed by atoms with Crippen LogP contribution in [0.5, 0.6) is 0 Å². The maximum absolute atomic E-state index is 5.51. The molecule has 0 saturated carbocycles. The van der Waals surface area contributed by atoms with Gasteiger partial charge in [-0.25, -0.2) is 9.98 Å². The fourth-order valence-electron chi connectivity index (χ4n) is 2.18. The molecule has 1 aromatic heterocycles. The van der Waals surface area contributed by atoms with Crippen LogP contribution in [0, 0.1) is 4.51 Å². The molecule has 3 rings (SSSR count). The molecule has 0 N–H and O–H groups in total. The Morgan fingerprint density at radius 2 is 2.18 bits per heavy atom. The number of thiocarbonyl (C=S) groups is 1. The molecule has 3 nitrogen and oxygen atoms in total. The van der Waals surface area contributed by atoms with Gasteiger partial charge in [-0.2, -0.15) is 0 Å². The predicted molar refractivity (Wildman–Crippen MR) is 74.7 cm³/mol. The minimum atomic E-state index is 0.414. The topological polar surface area (TPSA) is 28.0 Å². The standard InChI is InChI=1S/C11H11N3S3/c1-2-14-4-3-6-7(5-14)17-10-8(9(6)15)12-11(16)13-10/h2-5H2,1H3. The third-order valence-electron chi connectivity index (χ3n) is 3.15.